The number of hydrogen-bond acceptors (Lipinski definition) is 5. The molecule has 0 amide bonds. The molecular weight excluding hydrogens is 320 g/mol. The number of aromatic amines is 1. The third-order valence-corrected chi connectivity index (χ3v) is 3.51. The topological polar surface area (TPSA) is 113 Å². The Labute approximate surface area is 144 Å². The molecule has 0 bridgehead atoms. The van der Waals surface area contributed by atoms with Gasteiger partial charge in [0.05, 0.1) is 10.6 Å². The molecule has 7 nitrogen and oxygen atoms in total. The fourth-order valence-corrected chi connectivity index (χ4v) is 2.35. The average Bonchev–Trinajstić information content (AvgIpc) is 2.54. The van der Waals surface area contributed by atoms with Crippen LogP contribution in [0.2, 0.25) is 0 Å². The van der Waals surface area contributed by atoms with Crippen LogP contribution >= 0.6 is 0 Å². The second-order valence-electron chi connectivity index (χ2n) is 5.55. The lowest BCUT2D eigenvalue weighted by Gasteiger charge is -2.04. The van der Waals surface area contributed by atoms with E-state index in [0.717, 1.165) is 5.57 Å². The molecule has 0 fully saturated rings. The fourth-order valence-electron chi connectivity index (χ4n) is 2.35. The van der Waals surface area contributed by atoms with E-state index in [9.17, 15) is 14.9 Å². The Bertz CT molecular complexity index is 994. The highest BCUT2D eigenvalue weighted by Gasteiger charge is 2.08. The van der Waals surface area contributed by atoms with Crippen molar-refractivity contribution in [3.05, 3.63) is 79.0 Å². The number of allylic oxidation sites excluding steroid dienone is 3. The van der Waals surface area contributed by atoms with E-state index < -0.39 is 10.5 Å². The Balaban J connectivity index is 2.36. The van der Waals surface area contributed by atoms with Crippen molar-refractivity contribution >= 4 is 17.3 Å². The van der Waals surface area contributed by atoms with Gasteiger partial charge in [0.1, 0.15) is 17.5 Å². The van der Waals surface area contributed by atoms with E-state index >= 15 is 0 Å². The minimum absolute atomic E-state index is 0.000379. The largest absolute Gasteiger partial charge is 0.306 e. The van der Waals surface area contributed by atoms with E-state index in [4.69, 9.17) is 5.26 Å². The Kier molecular flexibility index (Phi) is 5.25. The van der Waals surface area contributed by atoms with Gasteiger partial charge in [-0.05, 0) is 31.9 Å². The molecule has 1 heterocycles. The number of aromatic nitrogens is 2. The van der Waals surface area contributed by atoms with Crippen LogP contribution in [-0.4, -0.2) is 14.9 Å². The number of aryl methyl sites for hydroxylation is 1. The van der Waals surface area contributed by atoms with Crippen molar-refractivity contribution in [2.24, 2.45) is 0 Å². The van der Waals surface area contributed by atoms with Gasteiger partial charge in [0.15, 0.2) is 0 Å². The molecule has 0 aliphatic heterocycles. The summed E-state index contributed by atoms with van der Waals surface area (Å²) in [5.74, 6) is 0.383. The number of benzene rings is 1. The van der Waals surface area contributed by atoms with Gasteiger partial charge < -0.3 is 4.98 Å². The molecule has 7 heteroatoms. The van der Waals surface area contributed by atoms with Gasteiger partial charge >= 0.3 is 0 Å². The Morgan fingerprint density at radius 2 is 2.12 bits per heavy atom. The Hall–Kier alpha value is -3.53. The molecule has 0 aliphatic rings. The maximum absolute atomic E-state index is 11.9. The maximum Gasteiger partial charge on any atom is 0.270 e. The summed E-state index contributed by atoms with van der Waals surface area (Å²) < 4.78 is 0. The van der Waals surface area contributed by atoms with E-state index in [0.29, 0.717) is 22.7 Å². The summed E-state index contributed by atoms with van der Waals surface area (Å²) in [6.07, 6.45) is 3.60. The summed E-state index contributed by atoms with van der Waals surface area (Å²) >= 11 is 0. The molecule has 0 unspecified atom stereocenters. The van der Waals surface area contributed by atoms with Crippen molar-refractivity contribution in [1.29, 1.82) is 5.26 Å². The molecule has 0 radical (unpaired) electrons. The monoisotopic (exact) mass is 336 g/mol. The third-order valence-electron chi connectivity index (χ3n) is 3.51. The van der Waals surface area contributed by atoms with E-state index in [1.54, 1.807) is 32.1 Å². The van der Waals surface area contributed by atoms with Crippen molar-refractivity contribution in [2.45, 2.75) is 20.8 Å². The van der Waals surface area contributed by atoms with Crippen molar-refractivity contribution in [2.75, 3.05) is 0 Å². The zero-order valence-corrected chi connectivity index (χ0v) is 14.0. The number of nitrogens with zero attached hydrogens (tertiary/aromatic N) is 3. The van der Waals surface area contributed by atoms with Gasteiger partial charge in [-0.15, -0.1) is 0 Å². The Morgan fingerprint density at radius 3 is 2.72 bits per heavy atom. The first-order valence-electron chi connectivity index (χ1n) is 7.44. The van der Waals surface area contributed by atoms with Crippen LogP contribution in [0.4, 0.5) is 5.69 Å². The number of H-pyrrole nitrogens is 1. The fraction of sp³-hybridized carbons (Fsp3) is 0.167. The molecule has 2 rings (SSSR count). The van der Waals surface area contributed by atoms with Gasteiger partial charge in [-0.3, -0.25) is 14.9 Å². The number of nitrogens with one attached hydrogen (secondary N) is 1. The highest BCUT2D eigenvalue weighted by atomic mass is 16.6. The minimum Gasteiger partial charge on any atom is -0.306 e. The zero-order valence-electron chi connectivity index (χ0n) is 14.0. The molecule has 126 valence electrons. The molecule has 2 aromatic rings. The predicted molar refractivity (Wildman–Crippen MR) is 94.7 cm³/mol. The van der Waals surface area contributed by atoms with Crippen LogP contribution in [0.5, 0.6) is 0 Å². The first kappa shape index (κ1) is 17.8. The van der Waals surface area contributed by atoms with E-state index in [1.165, 1.54) is 12.1 Å². The number of nitriles is 1. The molecule has 1 aromatic carbocycles. The second kappa shape index (κ2) is 7.36. The quantitative estimate of drug-likeness (QED) is 0.522. The molecule has 0 saturated carbocycles. The predicted octanol–water partition coefficient (Wildman–Crippen LogP) is 3.37. The van der Waals surface area contributed by atoms with Crippen LogP contribution < -0.4 is 5.56 Å². The van der Waals surface area contributed by atoms with Crippen molar-refractivity contribution in [1.82, 2.24) is 9.97 Å². The standard InChI is InChI=1S/C18H16N4O3/c1-11(8-14-5-4-6-15(9-14)22(24)25)7-12(2)17-20-13(3)16(10-19)18(23)21-17/h4-9H,1-3H3,(H,20,21,23). The molecule has 0 saturated heterocycles. The first-order valence-corrected chi connectivity index (χ1v) is 7.44. The van der Waals surface area contributed by atoms with Crippen molar-refractivity contribution < 1.29 is 4.92 Å². The molecule has 1 aromatic heterocycles. The van der Waals surface area contributed by atoms with Crippen LogP contribution in [0.1, 0.15) is 36.5 Å². The molecule has 0 atom stereocenters. The summed E-state index contributed by atoms with van der Waals surface area (Å²) in [5.41, 5.74) is 2.17. The van der Waals surface area contributed by atoms with Crippen LogP contribution in [0, 0.1) is 28.4 Å². The van der Waals surface area contributed by atoms with E-state index in [2.05, 4.69) is 9.97 Å². The highest BCUT2D eigenvalue weighted by molar-refractivity contribution is 5.66. The van der Waals surface area contributed by atoms with Gasteiger partial charge in [0.25, 0.3) is 11.2 Å². The first-order chi connectivity index (χ1) is 11.8. The molecule has 0 spiro atoms. The van der Waals surface area contributed by atoms with E-state index in [1.807, 2.05) is 19.1 Å². The smallest absolute Gasteiger partial charge is 0.270 e. The molecule has 1 N–H and O–H groups in total. The van der Waals surface area contributed by atoms with Crippen LogP contribution in [0.25, 0.3) is 11.6 Å². The van der Waals surface area contributed by atoms with Gasteiger partial charge in [0.2, 0.25) is 0 Å². The van der Waals surface area contributed by atoms with Gasteiger partial charge in [-0.2, -0.15) is 5.26 Å². The molecule has 25 heavy (non-hydrogen) atoms. The number of non-ortho nitro benzene ring substituents is 1. The number of nitro benzene ring substituents is 1. The number of rotatable bonds is 4. The summed E-state index contributed by atoms with van der Waals surface area (Å²) in [6, 6.07) is 8.13. The van der Waals surface area contributed by atoms with Crippen LogP contribution in [0.3, 0.4) is 0 Å². The summed E-state index contributed by atoms with van der Waals surface area (Å²) in [5, 5.41) is 19.7. The van der Waals surface area contributed by atoms with Gasteiger partial charge in [-0.1, -0.05) is 29.9 Å². The average molecular weight is 336 g/mol. The van der Waals surface area contributed by atoms with E-state index in [-0.39, 0.29) is 11.3 Å². The lowest BCUT2D eigenvalue weighted by Crippen LogP contribution is -2.16. The minimum atomic E-state index is -0.474. The molecular formula is C18H16N4O3. The van der Waals surface area contributed by atoms with Crippen molar-refractivity contribution in [3.8, 4) is 6.07 Å². The lowest BCUT2D eigenvalue weighted by molar-refractivity contribution is -0.384. The SMILES string of the molecule is CC(=Cc1cccc([N+](=O)[O-])c1)C=C(C)c1nc(C)c(C#N)c(=O)[nH]1. The van der Waals surface area contributed by atoms with Crippen LogP contribution in [0.15, 0.2) is 40.7 Å². The van der Waals surface area contributed by atoms with Crippen LogP contribution in [-0.2, 0) is 0 Å². The highest BCUT2D eigenvalue weighted by Crippen LogP contribution is 2.18. The normalized spacial score (nSPS) is 11.9. The third kappa shape index (κ3) is 4.26. The van der Waals surface area contributed by atoms with Gasteiger partial charge in [0, 0.05) is 12.1 Å². The Morgan fingerprint density at radius 1 is 1.40 bits per heavy atom. The lowest BCUT2D eigenvalue weighted by atomic mass is 10.1. The van der Waals surface area contributed by atoms with Gasteiger partial charge in [-0.25, -0.2) is 4.98 Å². The summed E-state index contributed by atoms with van der Waals surface area (Å²) in [6.45, 7) is 5.24. The molecule has 0 aliphatic carbocycles. The number of nitro groups is 1. The number of hydrogen-bond donors (Lipinski definition) is 1. The second-order valence-corrected chi connectivity index (χ2v) is 5.55. The summed E-state index contributed by atoms with van der Waals surface area (Å²) in [7, 11) is 0. The summed E-state index contributed by atoms with van der Waals surface area (Å²) in [4.78, 5) is 29.1. The van der Waals surface area contributed by atoms with Crippen molar-refractivity contribution in [3.63, 3.8) is 0 Å². The zero-order chi connectivity index (χ0) is 18.6. The maximum atomic E-state index is 11.9.